The molecule has 0 spiro atoms. The first-order valence-corrected chi connectivity index (χ1v) is 6.36. The number of carbonyl (C=O) groups excluding carboxylic acids is 2. The summed E-state index contributed by atoms with van der Waals surface area (Å²) in [5, 5.41) is 4.15. The molecule has 5 heteroatoms. The van der Waals surface area contributed by atoms with Crippen LogP contribution in [0.25, 0.3) is 5.69 Å². The molecule has 0 saturated heterocycles. The van der Waals surface area contributed by atoms with Crippen molar-refractivity contribution in [1.82, 2.24) is 9.78 Å². The maximum atomic E-state index is 11.7. The Bertz CT molecular complexity index is 659. The number of hydrogen-bond acceptors (Lipinski definition) is 4. The lowest BCUT2D eigenvalue weighted by Gasteiger charge is -2.05. The van der Waals surface area contributed by atoms with E-state index in [0.717, 1.165) is 11.3 Å². The van der Waals surface area contributed by atoms with Crippen molar-refractivity contribution in [2.75, 3.05) is 6.61 Å². The van der Waals surface area contributed by atoms with Crippen molar-refractivity contribution >= 4 is 12.3 Å². The van der Waals surface area contributed by atoms with Crippen molar-refractivity contribution in [2.45, 2.75) is 20.8 Å². The van der Waals surface area contributed by atoms with Gasteiger partial charge in [0, 0.05) is 6.20 Å². The Balaban J connectivity index is 2.45. The van der Waals surface area contributed by atoms with E-state index in [0.29, 0.717) is 6.29 Å². The van der Waals surface area contributed by atoms with Crippen molar-refractivity contribution < 1.29 is 14.3 Å². The van der Waals surface area contributed by atoms with Crippen molar-refractivity contribution in [3.63, 3.8) is 0 Å². The molecule has 1 aromatic carbocycles. The summed E-state index contributed by atoms with van der Waals surface area (Å²) in [6.45, 7) is 5.96. The number of nitrogens with zero attached hydrogens (tertiary/aromatic N) is 2. The Kier molecular flexibility index (Phi) is 3.98. The summed E-state index contributed by atoms with van der Waals surface area (Å²) < 4.78 is 6.41. The fourth-order valence-electron chi connectivity index (χ4n) is 1.83. The Hall–Kier alpha value is -2.43. The molecule has 0 N–H and O–H groups in total. The van der Waals surface area contributed by atoms with Crippen LogP contribution in [0.3, 0.4) is 0 Å². The van der Waals surface area contributed by atoms with Gasteiger partial charge in [-0.15, -0.1) is 0 Å². The lowest BCUT2D eigenvalue weighted by Crippen LogP contribution is -2.08. The predicted octanol–water partition coefficient (Wildman–Crippen LogP) is 2.48. The SMILES string of the molecule is CCOC(=O)c1nn(-c2ccc(C)c(C)c2)cc1C=O. The summed E-state index contributed by atoms with van der Waals surface area (Å²) in [5.74, 6) is -0.586. The Morgan fingerprint density at radius 1 is 1.35 bits per heavy atom. The average Bonchev–Trinajstić information content (AvgIpc) is 2.86. The zero-order valence-electron chi connectivity index (χ0n) is 11.7. The standard InChI is InChI=1S/C15H16N2O3/c1-4-20-15(19)14-12(9-18)8-17(16-14)13-6-5-10(2)11(3)7-13/h5-9H,4H2,1-3H3. The van der Waals surface area contributed by atoms with Crippen molar-refractivity contribution in [2.24, 2.45) is 0 Å². The fourth-order valence-corrected chi connectivity index (χ4v) is 1.83. The number of carbonyl (C=O) groups is 2. The van der Waals surface area contributed by atoms with Gasteiger partial charge in [0.05, 0.1) is 17.9 Å². The quantitative estimate of drug-likeness (QED) is 0.633. The van der Waals surface area contributed by atoms with E-state index in [-0.39, 0.29) is 17.9 Å². The van der Waals surface area contributed by atoms with Gasteiger partial charge in [0.2, 0.25) is 0 Å². The predicted molar refractivity (Wildman–Crippen MR) is 74.4 cm³/mol. The van der Waals surface area contributed by atoms with Gasteiger partial charge in [0.25, 0.3) is 0 Å². The van der Waals surface area contributed by atoms with Crippen LogP contribution in [0.2, 0.25) is 0 Å². The molecule has 0 atom stereocenters. The third-order valence-electron chi connectivity index (χ3n) is 3.09. The molecule has 1 heterocycles. The second-order valence-corrected chi connectivity index (χ2v) is 4.48. The molecule has 0 bridgehead atoms. The molecule has 104 valence electrons. The largest absolute Gasteiger partial charge is 0.461 e. The molecule has 0 radical (unpaired) electrons. The van der Waals surface area contributed by atoms with Crippen LogP contribution < -0.4 is 0 Å². The van der Waals surface area contributed by atoms with Crippen molar-refractivity contribution in [1.29, 1.82) is 0 Å². The summed E-state index contributed by atoms with van der Waals surface area (Å²) in [4.78, 5) is 22.8. The molecule has 0 aliphatic carbocycles. The second kappa shape index (κ2) is 5.69. The van der Waals surface area contributed by atoms with Crippen LogP contribution in [-0.4, -0.2) is 28.6 Å². The summed E-state index contributed by atoms with van der Waals surface area (Å²) in [5.41, 5.74) is 3.35. The van der Waals surface area contributed by atoms with E-state index in [2.05, 4.69) is 5.10 Å². The first-order chi connectivity index (χ1) is 9.56. The van der Waals surface area contributed by atoms with Gasteiger partial charge in [-0.1, -0.05) is 6.07 Å². The van der Waals surface area contributed by atoms with Crippen LogP contribution in [-0.2, 0) is 4.74 Å². The average molecular weight is 272 g/mol. The van der Waals surface area contributed by atoms with E-state index >= 15 is 0 Å². The maximum Gasteiger partial charge on any atom is 0.359 e. The van der Waals surface area contributed by atoms with Gasteiger partial charge in [-0.25, -0.2) is 9.48 Å². The molecular weight excluding hydrogens is 256 g/mol. The number of benzene rings is 1. The number of hydrogen-bond donors (Lipinski definition) is 0. The summed E-state index contributed by atoms with van der Waals surface area (Å²) in [7, 11) is 0. The first kappa shape index (κ1) is 14.0. The monoisotopic (exact) mass is 272 g/mol. The van der Waals surface area contributed by atoms with E-state index in [1.165, 1.54) is 16.4 Å². The summed E-state index contributed by atoms with van der Waals surface area (Å²) >= 11 is 0. The molecule has 0 fully saturated rings. The van der Waals surface area contributed by atoms with Crippen LogP contribution >= 0.6 is 0 Å². The maximum absolute atomic E-state index is 11.7. The van der Waals surface area contributed by atoms with Gasteiger partial charge in [-0.05, 0) is 44.0 Å². The molecule has 0 amide bonds. The van der Waals surface area contributed by atoms with Gasteiger partial charge >= 0.3 is 5.97 Å². The van der Waals surface area contributed by atoms with Gasteiger partial charge < -0.3 is 4.74 Å². The highest BCUT2D eigenvalue weighted by Crippen LogP contribution is 2.16. The molecule has 0 saturated carbocycles. The topological polar surface area (TPSA) is 61.2 Å². The lowest BCUT2D eigenvalue weighted by atomic mass is 10.1. The van der Waals surface area contributed by atoms with Crippen LogP contribution in [0.15, 0.2) is 24.4 Å². The van der Waals surface area contributed by atoms with Crippen LogP contribution in [0.4, 0.5) is 0 Å². The van der Waals surface area contributed by atoms with E-state index in [1.54, 1.807) is 6.92 Å². The number of ether oxygens (including phenoxy) is 1. The highest BCUT2D eigenvalue weighted by Gasteiger charge is 2.18. The van der Waals surface area contributed by atoms with E-state index in [1.807, 2.05) is 32.0 Å². The van der Waals surface area contributed by atoms with Gasteiger partial charge in [0.1, 0.15) is 0 Å². The smallest absolute Gasteiger partial charge is 0.359 e. The first-order valence-electron chi connectivity index (χ1n) is 6.36. The number of esters is 1. The molecular formula is C15H16N2O3. The minimum absolute atomic E-state index is 0.0417. The van der Waals surface area contributed by atoms with Crippen LogP contribution in [0, 0.1) is 13.8 Å². The third-order valence-corrected chi connectivity index (χ3v) is 3.09. The third kappa shape index (κ3) is 2.61. The number of aryl methyl sites for hydroxylation is 2. The fraction of sp³-hybridized carbons (Fsp3) is 0.267. The van der Waals surface area contributed by atoms with Gasteiger partial charge in [0.15, 0.2) is 12.0 Å². The number of aromatic nitrogens is 2. The van der Waals surface area contributed by atoms with Gasteiger partial charge in [-0.2, -0.15) is 5.10 Å². The number of rotatable bonds is 4. The molecule has 1 aromatic heterocycles. The van der Waals surface area contributed by atoms with Crippen molar-refractivity contribution in [3.8, 4) is 5.69 Å². The molecule has 2 aromatic rings. The summed E-state index contributed by atoms with van der Waals surface area (Å²) in [6.07, 6.45) is 2.14. The molecule has 0 aliphatic rings. The van der Waals surface area contributed by atoms with Gasteiger partial charge in [-0.3, -0.25) is 4.79 Å². The second-order valence-electron chi connectivity index (χ2n) is 4.48. The molecule has 5 nitrogen and oxygen atoms in total. The highest BCUT2D eigenvalue weighted by molar-refractivity contribution is 5.96. The minimum Gasteiger partial charge on any atom is -0.461 e. The molecule has 0 aliphatic heterocycles. The van der Waals surface area contributed by atoms with E-state index in [4.69, 9.17) is 4.74 Å². The highest BCUT2D eigenvalue weighted by atomic mass is 16.5. The zero-order chi connectivity index (χ0) is 14.7. The van der Waals surface area contributed by atoms with Crippen LogP contribution in [0.5, 0.6) is 0 Å². The Morgan fingerprint density at radius 2 is 2.10 bits per heavy atom. The number of aldehydes is 1. The zero-order valence-corrected chi connectivity index (χ0v) is 11.7. The van der Waals surface area contributed by atoms with E-state index < -0.39 is 5.97 Å². The molecule has 20 heavy (non-hydrogen) atoms. The molecule has 2 rings (SSSR count). The minimum atomic E-state index is -0.586. The Morgan fingerprint density at radius 3 is 2.70 bits per heavy atom. The normalized spacial score (nSPS) is 10.3. The Labute approximate surface area is 117 Å². The lowest BCUT2D eigenvalue weighted by molar-refractivity contribution is 0.0517. The van der Waals surface area contributed by atoms with E-state index in [9.17, 15) is 9.59 Å². The van der Waals surface area contributed by atoms with Crippen molar-refractivity contribution in [3.05, 3.63) is 46.8 Å². The van der Waals surface area contributed by atoms with Crippen LogP contribution in [0.1, 0.15) is 38.9 Å². The summed E-state index contributed by atoms with van der Waals surface area (Å²) in [6, 6.07) is 5.81. The molecule has 0 unspecified atom stereocenters.